The molecular formula is C17H25N3O. The average Bonchev–Trinajstić information content (AvgIpc) is 2.42. The van der Waals surface area contributed by atoms with Crippen LogP contribution in [-0.4, -0.2) is 12.5 Å². The first kappa shape index (κ1) is 17.2. The van der Waals surface area contributed by atoms with Gasteiger partial charge in [0.15, 0.2) is 0 Å². The molecule has 4 nitrogen and oxygen atoms in total. The van der Waals surface area contributed by atoms with Gasteiger partial charge >= 0.3 is 0 Å². The Morgan fingerprint density at radius 2 is 2.10 bits per heavy atom. The first-order chi connectivity index (χ1) is 9.86. The van der Waals surface area contributed by atoms with Crippen molar-refractivity contribution in [3.63, 3.8) is 0 Å². The Morgan fingerprint density at radius 3 is 2.67 bits per heavy atom. The fourth-order valence-corrected chi connectivity index (χ4v) is 2.41. The van der Waals surface area contributed by atoms with Crippen LogP contribution in [0.2, 0.25) is 0 Å². The second-order valence-corrected chi connectivity index (χ2v) is 6.42. The van der Waals surface area contributed by atoms with Gasteiger partial charge < -0.3 is 11.1 Å². The number of nitriles is 1. The van der Waals surface area contributed by atoms with Crippen molar-refractivity contribution in [2.24, 2.45) is 17.1 Å². The molecule has 1 atom stereocenters. The lowest BCUT2D eigenvalue weighted by atomic mass is 9.76. The third-order valence-corrected chi connectivity index (χ3v) is 3.74. The molecule has 0 aliphatic carbocycles. The topological polar surface area (TPSA) is 78.9 Å². The largest absolute Gasteiger partial charge is 0.330 e. The minimum atomic E-state index is -0.0173. The molecule has 0 radical (unpaired) electrons. The van der Waals surface area contributed by atoms with E-state index >= 15 is 0 Å². The molecule has 0 bridgehead atoms. The summed E-state index contributed by atoms with van der Waals surface area (Å²) >= 11 is 0. The summed E-state index contributed by atoms with van der Waals surface area (Å²) in [6.45, 7) is 7.19. The molecule has 1 rings (SSSR count). The molecule has 0 aromatic heterocycles. The van der Waals surface area contributed by atoms with Crippen molar-refractivity contribution in [1.82, 2.24) is 0 Å². The SMILES string of the molecule is CC(C)(C)C(CCN)CCC(=O)Nc1cccc(C#N)c1. The molecule has 4 heteroatoms. The number of amides is 1. The highest BCUT2D eigenvalue weighted by molar-refractivity contribution is 5.90. The molecule has 114 valence electrons. The predicted octanol–water partition coefficient (Wildman–Crippen LogP) is 3.29. The molecule has 0 saturated heterocycles. The fourth-order valence-electron chi connectivity index (χ4n) is 2.41. The zero-order valence-corrected chi connectivity index (χ0v) is 13.1. The molecule has 1 amide bonds. The van der Waals surface area contributed by atoms with Crippen LogP contribution in [0, 0.1) is 22.7 Å². The van der Waals surface area contributed by atoms with Gasteiger partial charge in [-0.25, -0.2) is 0 Å². The van der Waals surface area contributed by atoms with Gasteiger partial charge in [-0.15, -0.1) is 0 Å². The monoisotopic (exact) mass is 287 g/mol. The Morgan fingerprint density at radius 1 is 1.38 bits per heavy atom. The number of hydrogen-bond acceptors (Lipinski definition) is 3. The Kier molecular flexibility index (Phi) is 6.39. The van der Waals surface area contributed by atoms with Crippen LogP contribution >= 0.6 is 0 Å². The Balaban J connectivity index is 2.55. The van der Waals surface area contributed by atoms with Gasteiger partial charge in [0.05, 0.1) is 11.6 Å². The molecule has 1 aromatic carbocycles. The molecule has 1 aromatic rings. The van der Waals surface area contributed by atoms with Crippen LogP contribution in [0.1, 0.15) is 45.6 Å². The number of rotatable bonds is 6. The van der Waals surface area contributed by atoms with Crippen LogP contribution < -0.4 is 11.1 Å². The number of hydrogen-bond donors (Lipinski definition) is 2. The van der Waals surface area contributed by atoms with Crippen molar-refractivity contribution in [3.8, 4) is 6.07 Å². The maximum absolute atomic E-state index is 12.0. The second kappa shape index (κ2) is 7.80. The van der Waals surface area contributed by atoms with Crippen molar-refractivity contribution in [1.29, 1.82) is 5.26 Å². The molecule has 3 N–H and O–H groups in total. The summed E-state index contributed by atoms with van der Waals surface area (Å²) in [6, 6.07) is 9.01. The van der Waals surface area contributed by atoms with Gasteiger partial charge in [0.25, 0.3) is 0 Å². The van der Waals surface area contributed by atoms with E-state index in [1.165, 1.54) is 0 Å². The van der Waals surface area contributed by atoms with Crippen molar-refractivity contribution >= 4 is 11.6 Å². The highest BCUT2D eigenvalue weighted by Gasteiger charge is 2.24. The fraction of sp³-hybridized carbons (Fsp3) is 0.529. The quantitative estimate of drug-likeness (QED) is 0.842. The van der Waals surface area contributed by atoms with Gasteiger partial charge in [0.1, 0.15) is 0 Å². The summed E-state index contributed by atoms with van der Waals surface area (Å²) in [4.78, 5) is 12.0. The minimum Gasteiger partial charge on any atom is -0.330 e. The molecule has 0 saturated carbocycles. The molecule has 0 heterocycles. The lowest BCUT2D eigenvalue weighted by molar-refractivity contribution is -0.116. The number of anilines is 1. The maximum atomic E-state index is 12.0. The predicted molar refractivity (Wildman–Crippen MR) is 85.6 cm³/mol. The summed E-state index contributed by atoms with van der Waals surface area (Å²) in [5.41, 5.74) is 7.03. The molecular weight excluding hydrogens is 262 g/mol. The van der Waals surface area contributed by atoms with E-state index in [0.29, 0.717) is 30.1 Å². The first-order valence-corrected chi connectivity index (χ1v) is 7.37. The Labute approximate surface area is 127 Å². The number of nitrogens with two attached hydrogens (primary N) is 1. The Hall–Kier alpha value is -1.86. The zero-order valence-electron chi connectivity index (χ0n) is 13.1. The zero-order chi connectivity index (χ0) is 15.9. The van der Waals surface area contributed by atoms with Crippen LogP contribution in [0.15, 0.2) is 24.3 Å². The number of nitrogens with one attached hydrogen (secondary N) is 1. The van der Waals surface area contributed by atoms with Gasteiger partial charge in [-0.2, -0.15) is 5.26 Å². The molecule has 1 unspecified atom stereocenters. The van der Waals surface area contributed by atoms with Crippen LogP contribution in [-0.2, 0) is 4.79 Å². The third kappa shape index (κ3) is 5.97. The maximum Gasteiger partial charge on any atom is 0.224 e. The van der Waals surface area contributed by atoms with Gasteiger partial charge in [0, 0.05) is 12.1 Å². The third-order valence-electron chi connectivity index (χ3n) is 3.74. The smallest absolute Gasteiger partial charge is 0.224 e. The van der Waals surface area contributed by atoms with Gasteiger partial charge in [0.2, 0.25) is 5.91 Å². The highest BCUT2D eigenvalue weighted by Crippen LogP contribution is 2.32. The lowest BCUT2D eigenvalue weighted by Crippen LogP contribution is -2.25. The standard InChI is InChI=1S/C17H25N3O/c1-17(2,3)14(9-10-18)7-8-16(21)20-15-6-4-5-13(11-15)12-19/h4-6,11,14H,7-10,18H2,1-3H3,(H,20,21). The summed E-state index contributed by atoms with van der Waals surface area (Å²) in [7, 11) is 0. The lowest BCUT2D eigenvalue weighted by Gasteiger charge is -2.30. The van der Waals surface area contributed by atoms with Crippen molar-refractivity contribution in [3.05, 3.63) is 29.8 Å². The van der Waals surface area contributed by atoms with Crippen LogP contribution in [0.4, 0.5) is 5.69 Å². The van der Waals surface area contributed by atoms with E-state index in [1.54, 1.807) is 24.3 Å². The van der Waals surface area contributed by atoms with Gasteiger partial charge in [-0.05, 0) is 48.9 Å². The average molecular weight is 287 g/mol. The summed E-state index contributed by atoms with van der Waals surface area (Å²) in [6.07, 6.45) is 2.23. The summed E-state index contributed by atoms with van der Waals surface area (Å²) < 4.78 is 0. The molecule has 0 aliphatic heterocycles. The number of benzene rings is 1. The summed E-state index contributed by atoms with van der Waals surface area (Å²) in [5, 5.41) is 11.7. The molecule has 0 aliphatic rings. The molecule has 0 fully saturated rings. The summed E-state index contributed by atoms with van der Waals surface area (Å²) in [5.74, 6) is 0.412. The van der Waals surface area contributed by atoms with Crippen molar-refractivity contribution in [2.45, 2.75) is 40.0 Å². The van der Waals surface area contributed by atoms with E-state index in [1.807, 2.05) is 0 Å². The molecule has 0 spiro atoms. The minimum absolute atomic E-state index is 0.0173. The second-order valence-electron chi connectivity index (χ2n) is 6.42. The van der Waals surface area contributed by atoms with Gasteiger partial charge in [-0.1, -0.05) is 26.8 Å². The highest BCUT2D eigenvalue weighted by atomic mass is 16.1. The van der Waals surface area contributed by atoms with Crippen molar-refractivity contribution in [2.75, 3.05) is 11.9 Å². The first-order valence-electron chi connectivity index (χ1n) is 7.37. The van der Waals surface area contributed by atoms with Crippen molar-refractivity contribution < 1.29 is 4.79 Å². The van der Waals surface area contributed by atoms with E-state index in [4.69, 9.17) is 11.0 Å². The normalized spacial score (nSPS) is 12.5. The van der Waals surface area contributed by atoms with E-state index in [2.05, 4.69) is 32.2 Å². The van der Waals surface area contributed by atoms with Crippen LogP contribution in [0.25, 0.3) is 0 Å². The molecule has 21 heavy (non-hydrogen) atoms. The number of carbonyl (C=O) groups is 1. The van der Waals surface area contributed by atoms with E-state index in [-0.39, 0.29) is 11.3 Å². The van der Waals surface area contributed by atoms with E-state index < -0.39 is 0 Å². The van der Waals surface area contributed by atoms with Crippen LogP contribution in [0.3, 0.4) is 0 Å². The Bertz CT molecular complexity index is 512. The van der Waals surface area contributed by atoms with Gasteiger partial charge in [-0.3, -0.25) is 4.79 Å². The number of nitrogens with zero attached hydrogens (tertiary/aromatic N) is 1. The van der Waals surface area contributed by atoms with Crippen LogP contribution in [0.5, 0.6) is 0 Å². The van der Waals surface area contributed by atoms with E-state index in [9.17, 15) is 4.79 Å². The van der Waals surface area contributed by atoms with E-state index in [0.717, 1.165) is 12.8 Å². The number of carbonyl (C=O) groups excluding carboxylic acids is 1.